The minimum absolute atomic E-state index is 0.0410. The van der Waals surface area contributed by atoms with E-state index in [9.17, 15) is 9.18 Å². The number of aromatic nitrogens is 1. The number of nitrogens with zero attached hydrogens (tertiary/aromatic N) is 1. The predicted molar refractivity (Wildman–Crippen MR) is 165 cm³/mol. The Morgan fingerprint density at radius 1 is 1.05 bits per heavy atom. The lowest BCUT2D eigenvalue weighted by Gasteiger charge is -2.37. The molecule has 1 saturated carbocycles. The molecule has 1 unspecified atom stereocenters. The van der Waals surface area contributed by atoms with Gasteiger partial charge in [0.15, 0.2) is 0 Å². The van der Waals surface area contributed by atoms with E-state index in [0.29, 0.717) is 12.0 Å². The van der Waals surface area contributed by atoms with E-state index >= 15 is 0 Å². The van der Waals surface area contributed by atoms with Gasteiger partial charge in [0.05, 0.1) is 0 Å². The highest BCUT2D eigenvalue weighted by Crippen LogP contribution is 2.41. The molecular weight excluding hydrogens is 485 g/mol. The van der Waals surface area contributed by atoms with Crippen LogP contribution in [-0.4, -0.2) is 36.1 Å². The molecule has 3 aromatic rings. The van der Waals surface area contributed by atoms with Crippen LogP contribution in [0.4, 0.5) is 9.18 Å². The minimum Gasteiger partial charge on any atom is -0.361 e. The van der Waals surface area contributed by atoms with Crippen LogP contribution in [0.2, 0.25) is 0 Å². The van der Waals surface area contributed by atoms with Gasteiger partial charge in [-0.05, 0) is 79.2 Å². The Balaban J connectivity index is 0.000000250. The van der Waals surface area contributed by atoms with Crippen LogP contribution >= 0.6 is 0 Å². The number of piperidine rings is 1. The van der Waals surface area contributed by atoms with Gasteiger partial charge in [-0.1, -0.05) is 78.3 Å². The number of hydrogen-bond acceptors (Lipinski definition) is 1. The number of amides is 2. The molecule has 2 aliphatic rings. The fourth-order valence-electron chi connectivity index (χ4n) is 5.88. The molecule has 216 valence electrons. The highest BCUT2D eigenvalue weighted by atomic mass is 19.1. The summed E-state index contributed by atoms with van der Waals surface area (Å²) in [6, 6.07) is 15.8. The van der Waals surface area contributed by atoms with Gasteiger partial charge < -0.3 is 15.2 Å². The molecule has 4 nitrogen and oxygen atoms in total. The minimum atomic E-state index is -0.225. The van der Waals surface area contributed by atoms with Crippen LogP contribution in [0, 0.1) is 11.7 Å². The quantitative estimate of drug-likeness (QED) is 0.343. The summed E-state index contributed by atoms with van der Waals surface area (Å²) in [7, 11) is 1.65. The van der Waals surface area contributed by atoms with Gasteiger partial charge in [-0.25, -0.2) is 9.18 Å². The maximum atomic E-state index is 13.4. The van der Waals surface area contributed by atoms with Crippen LogP contribution in [0.25, 0.3) is 10.9 Å². The zero-order valence-electron chi connectivity index (χ0n) is 25.4. The van der Waals surface area contributed by atoms with Crippen molar-refractivity contribution >= 4 is 16.9 Å². The third-order valence-electron chi connectivity index (χ3n) is 8.29. The Bertz CT molecular complexity index is 1100. The van der Waals surface area contributed by atoms with Gasteiger partial charge in [-0.2, -0.15) is 0 Å². The van der Waals surface area contributed by atoms with E-state index in [4.69, 9.17) is 0 Å². The maximum absolute atomic E-state index is 13.4. The van der Waals surface area contributed by atoms with Crippen molar-refractivity contribution in [3.05, 3.63) is 71.7 Å². The number of carbonyl (C=O) groups is 1. The van der Waals surface area contributed by atoms with E-state index in [2.05, 4.69) is 54.5 Å². The summed E-state index contributed by atoms with van der Waals surface area (Å²) >= 11 is 0. The van der Waals surface area contributed by atoms with Gasteiger partial charge in [-0.3, -0.25) is 0 Å². The lowest BCUT2D eigenvalue weighted by Crippen LogP contribution is -2.43. The second-order valence-corrected chi connectivity index (χ2v) is 10.6. The van der Waals surface area contributed by atoms with Crippen molar-refractivity contribution in [3.8, 4) is 0 Å². The van der Waals surface area contributed by atoms with E-state index in [1.165, 1.54) is 38.2 Å². The highest BCUT2D eigenvalue weighted by molar-refractivity contribution is 5.84. The number of H-pyrrole nitrogens is 1. The summed E-state index contributed by atoms with van der Waals surface area (Å²) in [4.78, 5) is 16.8. The SMILES string of the molecule is CC.CC.CCC1CCC(C)(c2ccccc2)CC1.CNC(=O)N1CCCC(c2c[nH]c3ccc(F)cc23)C1. The number of aromatic amines is 1. The topological polar surface area (TPSA) is 48.1 Å². The number of likely N-dealkylation sites (tertiary alicyclic amines) is 1. The largest absolute Gasteiger partial charge is 0.361 e. The van der Waals surface area contributed by atoms with Gasteiger partial charge >= 0.3 is 6.03 Å². The highest BCUT2D eigenvalue weighted by Gasteiger charge is 2.31. The van der Waals surface area contributed by atoms with Crippen molar-refractivity contribution in [3.63, 3.8) is 0 Å². The molecule has 0 radical (unpaired) electrons. The lowest BCUT2D eigenvalue weighted by molar-refractivity contribution is 0.182. The smallest absolute Gasteiger partial charge is 0.317 e. The first kappa shape index (κ1) is 32.4. The molecule has 0 bridgehead atoms. The van der Waals surface area contributed by atoms with Crippen LogP contribution < -0.4 is 5.32 Å². The first-order chi connectivity index (χ1) is 18.9. The summed E-state index contributed by atoms with van der Waals surface area (Å²) in [6.07, 6.45) is 10.9. The third kappa shape index (κ3) is 8.58. The number of carbonyl (C=O) groups excluding carboxylic acids is 1. The van der Waals surface area contributed by atoms with E-state index in [1.807, 2.05) is 38.8 Å². The number of halogens is 1. The van der Waals surface area contributed by atoms with Gasteiger partial charge in [0.1, 0.15) is 5.82 Å². The number of hydrogen-bond donors (Lipinski definition) is 2. The van der Waals surface area contributed by atoms with Crippen molar-refractivity contribution in [1.29, 1.82) is 0 Å². The molecule has 1 aliphatic carbocycles. The zero-order chi connectivity index (χ0) is 28.8. The Hall–Kier alpha value is -2.82. The molecule has 5 rings (SSSR count). The first-order valence-corrected chi connectivity index (χ1v) is 15.2. The van der Waals surface area contributed by atoms with E-state index in [1.54, 1.807) is 24.7 Å². The summed E-state index contributed by atoms with van der Waals surface area (Å²) in [6.45, 7) is 14.2. The second kappa shape index (κ2) is 16.3. The molecule has 2 aromatic carbocycles. The lowest BCUT2D eigenvalue weighted by atomic mass is 9.67. The summed E-state index contributed by atoms with van der Waals surface area (Å²) in [5, 5.41) is 3.59. The van der Waals surface area contributed by atoms with Crippen LogP contribution in [0.15, 0.2) is 54.7 Å². The Kier molecular flexibility index (Phi) is 13.6. The Morgan fingerprint density at radius 3 is 2.33 bits per heavy atom. The van der Waals surface area contributed by atoms with Crippen LogP contribution in [0.5, 0.6) is 0 Å². The van der Waals surface area contributed by atoms with Crippen molar-refractivity contribution in [2.45, 2.75) is 97.8 Å². The average Bonchev–Trinajstić information content (AvgIpc) is 3.43. The molecular formula is C34H52FN3O. The summed E-state index contributed by atoms with van der Waals surface area (Å²) < 4.78 is 13.4. The van der Waals surface area contributed by atoms with E-state index < -0.39 is 0 Å². The zero-order valence-corrected chi connectivity index (χ0v) is 25.4. The fraction of sp³-hybridized carbons (Fsp3) is 0.559. The van der Waals surface area contributed by atoms with Gasteiger partial charge in [0.2, 0.25) is 0 Å². The van der Waals surface area contributed by atoms with Crippen LogP contribution in [0.3, 0.4) is 0 Å². The molecule has 2 heterocycles. The van der Waals surface area contributed by atoms with Crippen molar-refractivity contribution in [1.82, 2.24) is 15.2 Å². The molecule has 2 amide bonds. The van der Waals surface area contributed by atoms with Crippen LogP contribution in [-0.2, 0) is 5.41 Å². The van der Waals surface area contributed by atoms with Gasteiger partial charge in [0, 0.05) is 43.2 Å². The van der Waals surface area contributed by atoms with Crippen LogP contribution in [0.1, 0.15) is 104 Å². The standard InChI is InChI=1S/C15H18FN3O.C15H22.2C2H6/c1-17-15(20)19-6-2-3-10(9-19)13-8-18-14-5-4-11(16)7-12(13)14;1-3-13-9-11-15(2,12-10-13)14-7-5-4-6-8-14;2*1-2/h4-5,7-8,10,18H,2-3,6,9H2,1H3,(H,17,20);4-8,13H,3,9-12H2,1-2H3;2*1-2H3. The van der Waals surface area contributed by atoms with E-state index in [-0.39, 0.29) is 17.8 Å². The van der Waals surface area contributed by atoms with Gasteiger partial charge in [0.25, 0.3) is 0 Å². The Morgan fingerprint density at radius 2 is 1.72 bits per heavy atom. The second-order valence-electron chi connectivity index (χ2n) is 10.6. The normalized spacial score (nSPS) is 22.3. The summed E-state index contributed by atoms with van der Waals surface area (Å²) in [5.74, 6) is 1.02. The Labute approximate surface area is 236 Å². The number of urea groups is 1. The monoisotopic (exact) mass is 537 g/mol. The van der Waals surface area contributed by atoms with Crippen molar-refractivity contribution < 1.29 is 9.18 Å². The molecule has 1 aliphatic heterocycles. The molecule has 39 heavy (non-hydrogen) atoms. The molecule has 0 spiro atoms. The number of fused-ring (bicyclic) bond motifs is 1. The number of rotatable bonds is 3. The molecule has 1 aromatic heterocycles. The average molecular weight is 538 g/mol. The van der Waals surface area contributed by atoms with Crippen molar-refractivity contribution in [2.24, 2.45) is 5.92 Å². The number of benzene rings is 2. The molecule has 5 heteroatoms. The van der Waals surface area contributed by atoms with Gasteiger partial charge in [-0.15, -0.1) is 0 Å². The van der Waals surface area contributed by atoms with Crippen molar-refractivity contribution in [2.75, 3.05) is 20.1 Å². The third-order valence-corrected chi connectivity index (χ3v) is 8.29. The number of nitrogens with one attached hydrogen (secondary N) is 2. The summed E-state index contributed by atoms with van der Waals surface area (Å²) in [5.41, 5.74) is 4.04. The fourth-order valence-corrected chi connectivity index (χ4v) is 5.88. The predicted octanol–water partition coefficient (Wildman–Crippen LogP) is 9.42. The molecule has 1 atom stereocenters. The molecule has 2 N–H and O–H groups in total. The van der Waals surface area contributed by atoms with E-state index in [0.717, 1.165) is 41.8 Å². The molecule has 2 fully saturated rings. The maximum Gasteiger partial charge on any atom is 0.317 e. The molecule has 1 saturated heterocycles. The first-order valence-electron chi connectivity index (χ1n) is 15.2.